The number of nitrogens with two attached hydrogens (primary N) is 1. The van der Waals surface area contributed by atoms with Gasteiger partial charge in [0.1, 0.15) is 11.5 Å². The summed E-state index contributed by atoms with van der Waals surface area (Å²) < 4.78 is 5.00. The number of hydrogen-bond acceptors (Lipinski definition) is 3. The summed E-state index contributed by atoms with van der Waals surface area (Å²) in [6.45, 7) is 0.469. The zero-order valence-corrected chi connectivity index (χ0v) is 8.14. The Morgan fingerprint density at radius 1 is 1.54 bits per heavy atom. The molecule has 0 aromatic heterocycles. The number of methoxy groups -OCH3 is 1. The minimum Gasteiger partial charge on any atom is -0.506 e. The Morgan fingerprint density at radius 3 is 2.77 bits per heavy atom. The number of ether oxygens (including phenoxy) is 1. The van der Waals surface area contributed by atoms with Gasteiger partial charge in [0.25, 0.3) is 0 Å². The molecule has 0 aliphatic heterocycles. The fourth-order valence-corrected chi connectivity index (χ4v) is 1.32. The maximum Gasteiger partial charge on any atom is 0.137 e. The molecule has 13 heavy (non-hydrogen) atoms. The van der Waals surface area contributed by atoms with Crippen LogP contribution in [0.4, 0.5) is 0 Å². The van der Waals surface area contributed by atoms with Gasteiger partial charge < -0.3 is 15.6 Å². The Morgan fingerprint density at radius 2 is 2.23 bits per heavy atom. The summed E-state index contributed by atoms with van der Waals surface area (Å²) in [5.41, 5.74) is 6.09. The van der Waals surface area contributed by atoms with E-state index in [1.807, 2.05) is 0 Å². The number of hydrogen-bond donors (Lipinski definition) is 2. The van der Waals surface area contributed by atoms with E-state index in [1.165, 1.54) is 0 Å². The second kappa shape index (κ2) is 4.35. The molecule has 0 spiro atoms. The highest BCUT2D eigenvalue weighted by Crippen LogP contribution is 2.32. The van der Waals surface area contributed by atoms with Crippen LogP contribution in [0.15, 0.2) is 12.1 Å². The van der Waals surface area contributed by atoms with Gasteiger partial charge in [-0.1, -0.05) is 11.6 Å². The van der Waals surface area contributed by atoms with Gasteiger partial charge in [-0.05, 0) is 19.0 Å². The molecule has 0 unspecified atom stereocenters. The molecule has 1 rings (SSSR count). The van der Waals surface area contributed by atoms with Crippen molar-refractivity contribution in [3.8, 4) is 11.5 Å². The first-order chi connectivity index (χ1) is 6.19. The van der Waals surface area contributed by atoms with Crippen LogP contribution in [-0.2, 0) is 6.42 Å². The maximum absolute atomic E-state index is 9.51. The molecular formula is C9H12ClNO2. The van der Waals surface area contributed by atoms with Gasteiger partial charge in [-0.15, -0.1) is 0 Å². The normalized spacial score (nSPS) is 10.1. The molecule has 0 radical (unpaired) electrons. The third kappa shape index (κ3) is 2.26. The van der Waals surface area contributed by atoms with Crippen molar-refractivity contribution in [1.82, 2.24) is 0 Å². The molecule has 0 atom stereocenters. The van der Waals surface area contributed by atoms with Crippen molar-refractivity contribution >= 4 is 11.6 Å². The van der Waals surface area contributed by atoms with Crippen molar-refractivity contribution in [3.63, 3.8) is 0 Å². The van der Waals surface area contributed by atoms with Gasteiger partial charge in [0.2, 0.25) is 0 Å². The summed E-state index contributed by atoms with van der Waals surface area (Å²) in [5.74, 6) is 0.721. The van der Waals surface area contributed by atoms with Crippen LogP contribution in [0.5, 0.6) is 11.5 Å². The Kier molecular flexibility index (Phi) is 3.39. The minimum atomic E-state index is 0.0907. The van der Waals surface area contributed by atoms with E-state index in [-0.39, 0.29) is 5.75 Å². The molecule has 0 aliphatic carbocycles. The first-order valence-electron chi connectivity index (χ1n) is 3.94. The Balaban J connectivity index is 3.09. The largest absolute Gasteiger partial charge is 0.506 e. The average Bonchev–Trinajstić information content (AvgIpc) is 2.13. The summed E-state index contributed by atoms with van der Waals surface area (Å²) in [6, 6.07) is 3.30. The molecule has 72 valence electrons. The van der Waals surface area contributed by atoms with Gasteiger partial charge in [0.05, 0.1) is 12.1 Å². The molecule has 0 saturated carbocycles. The molecule has 1 aromatic rings. The van der Waals surface area contributed by atoms with Gasteiger partial charge in [0.15, 0.2) is 0 Å². The fraction of sp³-hybridized carbons (Fsp3) is 0.333. The van der Waals surface area contributed by atoms with Crippen LogP contribution >= 0.6 is 11.6 Å². The third-order valence-electron chi connectivity index (χ3n) is 1.77. The Hall–Kier alpha value is -0.930. The summed E-state index contributed by atoms with van der Waals surface area (Å²) in [7, 11) is 1.55. The summed E-state index contributed by atoms with van der Waals surface area (Å²) in [5, 5.41) is 9.80. The Bertz CT molecular complexity index is 302. The van der Waals surface area contributed by atoms with Crippen LogP contribution in [0, 0.1) is 0 Å². The van der Waals surface area contributed by atoms with Gasteiger partial charge in [0, 0.05) is 11.6 Å². The summed E-state index contributed by atoms with van der Waals surface area (Å²) in [6.07, 6.45) is 0.586. The lowest BCUT2D eigenvalue weighted by atomic mass is 10.1. The zero-order chi connectivity index (χ0) is 9.84. The topological polar surface area (TPSA) is 55.5 Å². The molecule has 4 heteroatoms. The molecule has 3 N–H and O–H groups in total. The lowest BCUT2D eigenvalue weighted by Gasteiger charge is -2.07. The molecular weight excluding hydrogens is 190 g/mol. The molecule has 0 aliphatic rings. The van der Waals surface area contributed by atoms with Crippen LogP contribution in [0.25, 0.3) is 0 Å². The van der Waals surface area contributed by atoms with E-state index in [2.05, 4.69) is 0 Å². The van der Waals surface area contributed by atoms with E-state index >= 15 is 0 Å². The molecule has 0 fully saturated rings. The van der Waals surface area contributed by atoms with E-state index in [0.717, 1.165) is 0 Å². The predicted octanol–water partition coefficient (Wildman–Crippen LogP) is 1.56. The number of aromatic hydroxyl groups is 1. The van der Waals surface area contributed by atoms with Crippen molar-refractivity contribution < 1.29 is 9.84 Å². The number of benzene rings is 1. The average molecular weight is 202 g/mol. The molecule has 0 heterocycles. The highest BCUT2D eigenvalue weighted by molar-refractivity contribution is 6.32. The van der Waals surface area contributed by atoms with Gasteiger partial charge in [-0.2, -0.15) is 0 Å². The predicted molar refractivity (Wildman–Crippen MR) is 52.4 cm³/mol. The first-order valence-corrected chi connectivity index (χ1v) is 4.32. The van der Waals surface area contributed by atoms with Gasteiger partial charge >= 0.3 is 0 Å². The fourth-order valence-electron chi connectivity index (χ4n) is 1.09. The lowest BCUT2D eigenvalue weighted by Crippen LogP contribution is -2.03. The molecule has 3 nitrogen and oxygen atoms in total. The monoisotopic (exact) mass is 201 g/mol. The van der Waals surface area contributed by atoms with Crippen LogP contribution in [0.2, 0.25) is 5.02 Å². The summed E-state index contributed by atoms with van der Waals surface area (Å²) >= 11 is 5.76. The standard InChI is InChI=1S/C9H12ClNO2/c1-13-7-4-6(2-3-11)9(12)8(10)5-7/h4-5,12H,2-3,11H2,1H3. The quantitative estimate of drug-likeness (QED) is 0.781. The van der Waals surface area contributed by atoms with Gasteiger partial charge in [-0.3, -0.25) is 0 Å². The smallest absolute Gasteiger partial charge is 0.137 e. The van der Waals surface area contributed by atoms with Crippen molar-refractivity contribution in [2.45, 2.75) is 6.42 Å². The van der Waals surface area contributed by atoms with Crippen molar-refractivity contribution in [2.24, 2.45) is 5.73 Å². The highest BCUT2D eigenvalue weighted by Gasteiger charge is 2.07. The van der Waals surface area contributed by atoms with Crippen molar-refractivity contribution in [2.75, 3.05) is 13.7 Å². The van der Waals surface area contributed by atoms with Crippen molar-refractivity contribution in [1.29, 1.82) is 0 Å². The molecule has 0 amide bonds. The van der Waals surface area contributed by atoms with Crippen LogP contribution < -0.4 is 10.5 Å². The van der Waals surface area contributed by atoms with Crippen LogP contribution in [0.1, 0.15) is 5.56 Å². The lowest BCUT2D eigenvalue weighted by molar-refractivity contribution is 0.411. The van der Waals surface area contributed by atoms with Crippen molar-refractivity contribution in [3.05, 3.63) is 22.7 Å². The van der Waals surface area contributed by atoms with E-state index in [1.54, 1.807) is 19.2 Å². The number of phenolic OH excluding ortho intramolecular Hbond substituents is 1. The second-order valence-electron chi connectivity index (χ2n) is 2.66. The van der Waals surface area contributed by atoms with Crippen LogP contribution in [0.3, 0.4) is 0 Å². The minimum absolute atomic E-state index is 0.0907. The number of phenols is 1. The maximum atomic E-state index is 9.51. The highest BCUT2D eigenvalue weighted by atomic mass is 35.5. The molecule has 0 saturated heterocycles. The van der Waals surface area contributed by atoms with E-state index in [9.17, 15) is 5.11 Å². The SMILES string of the molecule is COc1cc(Cl)c(O)c(CCN)c1. The van der Waals surface area contributed by atoms with Gasteiger partial charge in [-0.25, -0.2) is 0 Å². The van der Waals surface area contributed by atoms with Crippen LogP contribution in [-0.4, -0.2) is 18.8 Å². The van der Waals surface area contributed by atoms with E-state index in [0.29, 0.717) is 29.3 Å². The second-order valence-corrected chi connectivity index (χ2v) is 3.06. The first kappa shape index (κ1) is 10.2. The zero-order valence-electron chi connectivity index (χ0n) is 7.38. The Labute approximate surface area is 82.1 Å². The number of halogens is 1. The van der Waals surface area contributed by atoms with E-state index in [4.69, 9.17) is 22.1 Å². The molecule has 1 aromatic carbocycles. The van der Waals surface area contributed by atoms with E-state index < -0.39 is 0 Å². The third-order valence-corrected chi connectivity index (χ3v) is 2.05. The molecule has 0 bridgehead atoms. The number of rotatable bonds is 3. The summed E-state index contributed by atoms with van der Waals surface area (Å²) in [4.78, 5) is 0.